The van der Waals surface area contributed by atoms with E-state index in [1.807, 2.05) is 0 Å². The Labute approximate surface area is 110 Å². The molecule has 1 saturated heterocycles. The molecule has 0 bridgehead atoms. The van der Waals surface area contributed by atoms with Crippen LogP contribution in [0.15, 0.2) is 23.0 Å². The third-order valence-electron chi connectivity index (χ3n) is 3.23. The van der Waals surface area contributed by atoms with Gasteiger partial charge in [0.25, 0.3) is 5.91 Å². The van der Waals surface area contributed by atoms with E-state index in [-0.39, 0.29) is 24.9 Å². The Morgan fingerprint density at radius 1 is 1.37 bits per heavy atom. The maximum atomic E-state index is 12.3. The number of ether oxygens (including phenoxy) is 1. The molecule has 1 aromatic rings. The van der Waals surface area contributed by atoms with Crippen LogP contribution in [-0.2, 0) is 9.53 Å². The molecule has 6 nitrogen and oxygen atoms in total. The zero-order valence-electron chi connectivity index (χ0n) is 10.6. The number of hydrogen-bond donors (Lipinski definition) is 1. The van der Waals surface area contributed by atoms with E-state index in [0.717, 1.165) is 12.8 Å². The predicted octanol–water partition coefficient (Wildman–Crippen LogP) is 1.38. The molecule has 6 heteroatoms. The van der Waals surface area contributed by atoms with Crippen LogP contribution < -0.4 is 0 Å². The van der Waals surface area contributed by atoms with Crippen molar-refractivity contribution in [3.05, 3.63) is 24.2 Å². The molecule has 1 N–H and O–H groups in total. The monoisotopic (exact) mass is 267 g/mol. The van der Waals surface area contributed by atoms with Crippen molar-refractivity contribution in [3.63, 3.8) is 0 Å². The Bertz CT molecular complexity index is 422. The maximum Gasteiger partial charge on any atom is 0.305 e. The van der Waals surface area contributed by atoms with Gasteiger partial charge in [-0.3, -0.25) is 9.59 Å². The van der Waals surface area contributed by atoms with Crippen molar-refractivity contribution in [1.82, 2.24) is 4.90 Å². The molecule has 104 valence electrons. The molecule has 1 aliphatic rings. The fourth-order valence-electron chi connectivity index (χ4n) is 2.21. The number of carbonyl (C=O) groups is 2. The van der Waals surface area contributed by atoms with Crippen molar-refractivity contribution in [2.45, 2.75) is 25.3 Å². The summed E-state index contributed by atoms with van der Waals surface area (Å²) in [6, 6.07) is 1.63. The SMILES string of the molecule is O=C(O)CCN(C(=O)c1ccoc1)C1CCOCC1. The number of amides is 1. The van der Waals surface area contributed by atoms with Crippen LogP contribution in [0.4, 0.5) is 0 Å². The van der Waals surface area contributed by atoms with E-state index < -0.39 is 5.97 Å². The zero-order chi connectivity index (χ0) is 13.7. The first-order chi connectivity index (χ1) is 9.18. The van der Waals surface area contributed by atoms with Gasteiger partial charge in [0.2, 0.25) is 0 Å². The van der Waals surface area contributed by atoms with Gasteiger partial charge in [0.05, 0.1) is 18.2 Å². The van der Waals surface area contributed by atoms with Gasteiger partial charge < -0.3 is 19.2 Å². The third-order valence-corrected chi connectivity index (χ3v) is 3.23. The fraction of sp³-hybridized carbons (Fsp3) is 0.538. The molecule has 0 spiro atoms. The Balaban J connectivity index is 2.08. The lowest BCUT2D eigenvalue weighted by atomic mass is 10.1. The first-order valence-corrected chi connectivity index (χ1v) is 6.31. The lowest BCUT2D eigenvalue weighted by Gasteiger charge is -2.33. The molecule has 1 fully saturated rings. The first kappa shape index (κ1) is 13.6. The predicted molar refractivity (Wildman–Crippen MR) is 65.8 cm³/mol. The van der Waals surface area contributed by atoms with Crippen molar-refractivity contribution < 1.29 is 23.8 Å². The molecule has 1 aliphatic heterocycles. The summed E-state index contributed by atoms with van der Waals surface area (Å²) < 4.78 is 10.2. The molecule has 0 aliphatic carbocycles. The fourth-order valence-corrected chi connectivity index (χ4v) is 2.21. The van der Waals surface area contributed by atoms with E-state index in [4.69, 9.17) is 14.3 Å². The van der Waals surface area contributed by atoms with Gasteiger partial charge in [-0.15, -0.1) is 0 Å². The molecule has 0 radical (unpaired) electrons. The average Bonchev–Trinajstić information content (AvgIpc) is 2.93. The first-order valence-electron chi connectivity index (χ1n) is 6.31. The molecule has 0 unspecified atom stereocenters. The minimum atomic E-state index is -0.906. The molecule has 0 saturated carbocycles. The topological polar surface area (TPSA) is 80.0 Å². The van der Waals surface area contributed by atoms with E-state index >= 15 is 0 Å². The molecule has 0 atom stereocenters. The highest BCUT2D eigenvalue weighted by atomic mass is 16.5. The summed E-state index contributed by atoms with van der Waals surface area (Å²) in [6.45, 7) is 1.42. The van der Waals surface area contributed by atoms with Gasteiger partial charge in [0.15, 0.2) is 0 Å². The molecule has 2 heterocycles. The Kier molecular flexibility index (Phi) is 4.57. The van der Waals surface area contributed by atoms with Crippen molar-refractivity contribution in [2.24, 2.45) is 0 Å². The van der Waals surface area contributed by atoms with E-state index in [0.29, 0.717) is 18.8 Å². The van der Waals surface area contributed by atoms with Gasteiger partial charge in [-0.1, -0.05) is 0 Å². The number of aliphatic carboxylic acids is 1. The van der Waals surface area contributed by atoms with Crippen molar-refractivity contribution >= 4 is 11.9 Å². The smallest absolute Gasteiger partial charge is 0.305 e. The third kappa shape index (κ3) is 3.57. The Morgan fingerprint density at radius 3 is 2.68 bits per heavy atom. The highest BCUT2D eigenvalue weighted by Gasteiger charge is 2.27. The number of nitrogens with zero attached hydrogens (tertiary/aromatic N) is 1. The molecule has 19 heavy (non-hydrogen) atoms. The number of hydrogen-bond acceptors (Lipinski definition) is 4. The van der Waals surface area contributed by atoms with Crippen LogP contribution in [0.25, 0.3) is 0 Å². The number of carboxylic acid groups (broad SMARTS) is 1. The Hall–Kier alpha value is -1.82. The van der Waals surface area contributed by atoms with Gasteiger partial charge in [0, 0.05) is 25.8 Å². The van der Waals surface area contributed by atoms with Gasteiger partial charge in [0.1, 0.15) is 6.26 Å². The minimum absolute atomic E-state index is 0.0375. The molecule has 1 amide bonds. The second kappa shape index (κ2) is 6.38. The summed E-state index contributed by atoms with van der Waals surface area (Å²) in [7, 11) is 0. The van der Waals surface area contributed by atoms with E-state index in [2.05, 4.69) is 0 Å². The lowest BCUT2D eigenvalue weighted by molar-refractivity contribution is -0.137. The molecule has 2 rings (SSSR count). The number of carbonyl (C=O) groups excluding carboxylic acids is 1. The van der Waals surface area contributed by atoms with Crippen molar-refractivity contribution in [3.8, 4) is 0 Å². The summed E-state index contributed by atoms with van der Waals surface area (Å²) in [4.78, 5) is 24.7. The second-order valence-corrected chi connectivity index (χ2v) is 4.50. The van der Waals surface area contributed by atoms with Crippen LogP contribution in [0, 0.1) is 0 Å². The summed E-state index contributed by atoms with van der Waals surface area (Å²) in [5.74, 6) is -1.08. The average molecular weight is 267 g/mol. The summed E-state index contributed by atoms with van der Waals surface area (Å²) in [5.41, 5.74) is 0.455. The summed E-state index contributed by atoms with van der Waals surface area (Å²) >= 11 is 0. The lowest BCUT2D eigenvalue weighted by Crippen LogP contribution is -2.44. The van der Waals surface area contributed by atoms with Crippen LogP contribution in [0.5, 0.6) is 0 Å². The van der Waals surface area contributed by atoms with Crippen molar-refractivity contribution in [2.75, 3.05) is 19.8 Å². The second-order valence-electron chi connectivity index (χ2n) is 4.50. The summed E-state index contributed by atoms with van der Waals surface area (Å²) in [5, 5.41) is 8.79. The van der Waals surface area contributed by atoms with Crippen LogP contribution in [0.3, 0.4) is 0 Å². The highest BCUT2D eigenvalue weighted by molar-refractivity contribution is 5.94. The van der Waals surface area contributed by atoms with Gasteiger partial charge in [-0.25, -0.2) is 0 Å². The van der Waals surface area contributed by atoms with E-state index in [1.54, 1.807) is 11.0 Å². The number of rotatable bonds is 5. The minimum Gasteiger partial charge on any atom is -0.481 e. The molecule has 0 aromatic carbocycles. The maximum absolute atomic E-state index is 12.3. The van der Waals surface area contributed by atoms with Crippen molar-refractivity contribution in [1.29, 1.82) is 0 Å². The number of carboxylic acids is 1. The molecular weight excluding hydrogens is 250 g/mol. The normalized spacial score (nSPS) is 16.2. The zero-order valence-corrected chi connectivity index (χ0v) is 10.6. The molecular formula is C13H17NO5. The van der Waals surface area contributed by atoms with Gasteiger partial charge >= 0.3 is 5.97 Å². The summed E-state index contributed by atoms with van der Waals surface area (Å²) in [6.07, 6.45) is 4.25. The van der Waals surface area contributed by atoms with Gasteiger partial charge in [-0.2, -0.15) is 0 Å². The Morgan fingerprint density at radius 2 is 2.11 bits per heavy atom. The van der Waals surface area contributed by atoms with Gasteiger partial charge in [-0.05, 0) is 18.9 Å². The largest absolute Gasteiger partial charge is 0.481 e. The van der Waals surface area contributed by atoms with Crippen LogP contribution in [0.1, 0.15) is 29.6 Å². The quantitative estimate of drug-likeness (QED) is 0.871. The highest BCUT2D eigenvalue weighted by Crippen LogP contribution is 2.18. The van der Waals surface area contributed by atoms with Crippen LogP contribution >= 0.6 is 0 Å². The standard InChI is InChI=1S/C13H17NO5/c15-12(16)1-5-14(11-3-7-18-8-4-11)13(17)10-2-6-19-9-10/h2,6,9,11H,1,3-5,7-8H2,(H,15,16). The molecule has 1 aromatic heterocycles. The van der Waals surface area contributed by atoms with Crippen LogP contribution in [0.2, 0.25) is 0 Å². The number of furan rings is 1. The van der Waals surface area contributed by atoms with E-state index in [1.165, 1.54) is 12.5 Å². The van der Waals surface area contributed by atoms with Crippen LogP contribution in [-0.4, -0.2) is 47.7 Å². The van der Waals surface area contributed by atoms with E-state index in [9.17, 15) is 9.59 Å².